The summed E-state index contributed by atoms with van der Waals surface area (Å²) < 4.78 is 1.90. The first kappa shape index (κ1) is 14.5. The Bertz CT molecular complexity index is 636. The van der Waals surface area contributed by atoms with Crippen LogP contribution < -0.4 is 5.32 Å². The second-order valence-corrected chi connectivity index (χ2v) is 5.25. The first-order valence-corrected chi connectivity index (χ1v) is 7.10. The van der Waals surface area contributed by atoms with E-state index in [1.165, 1.54) is 0 Å². The Morgan fingerprint density at radius 1 is 1.45 bits per heavy atom. The van der Waals surface area contributed by atoms with Crippen LogP contribution in [-0.2, 0) is 0 Å². The van der Waals surface area contributed by atoms with Crippen LogP contribution in [0.1, 0.15) is 49.7 Å². The quantitative estimate of drug-likeness (QED) is 0.850. The number of aryl methyl sites for hydroxylation is 2. The molecule has 0 bridgehead atoms. The Morgan fingerprint density at radius 3 is 2.85 bits per heavy atom. The van der Waals surface area contributed by atoms with Gasteiger partial charge in [0.05, 0.1) is 11.7 Å². The maximum atomic E-state index is 5.57. The molecule has 4 heteroatoms. The number of nitrogens with zero attached hydrogens (tertiary/aromatic N) is 3. The molecular formula is C16H22N4. The van der Waals surface area contributed by atoms with Gasteiger partial charge in [-0.15, -0.1) is 6.42 Å². The molecule has 2 aromatic rings. The molecule has 4 nitrogen and oxygen atoms in total. The number of hydrogen-bond donors (Lipinski definition) is 1. The summed E-state index contributed by atoms with van der Waals surface area (Å²) in [5.41, 5.74) is 4.11. The minimum atomic E-state index is 0.101. The van der Waals surface area contributed by atoms with E-state index in [1.807, 2.05) is 23.7 Å². The molecule has 0 saturated carbocycles. The minimum absolute atomic E-state index is 0.101. The van der Waals surface area contributed by atoms with Crippen LogP contribution in [-0.4, -0.2) is 20.6 Å². The topological polar surface area (TPSA) is 42.2 Å². The highest BCUT2D eigenvalue weighted by molar-refractivity contribution is 5.42. The first-order valence-electron chi connectivity index (χ1n) is 7.10. The summed E-state index contributed by atoms with van der Waals surface area (Å²) in [4.78, 5) is 4.47. The highest BCUT2D eigenvalue weighted by atomic mass is 15.3. The molecule has 0 aromatic carbocycles. The van der Waals surface area contributed by atoms with Gasteiger partial charge in [0.15, 0.2) is 5.65 Å². The van der Waals surface area contributed by atoms with E-state index in [9.17, 15) is 0 Å². The van der Waals surface area contributed by atoms with Gasteiger partial charge in [-0.1, -0.05) is 19.3 Å². The van der Waals surface area contributed by atoms with Crippen LogP contribution in [0.25, 0.3) is 5.65 Å². The van der Waals surface area contributed by atoms with Gasteiger partial charge in [0.25, 0.3) is 0 Å². The molecule has 0 aliphatic rings. The SMILES string of the molecule is C#CC(CCC)NC(C)c1cnc2cc(C)nn2c1C. The summed E-state index contributed by atoms with van der Waals surface area (Å²) in [5, 5.41) is 7.96. The molecule has 2 aromatic heterocycles. The zero-order valence-electron chi connectivity index (χ0n) is 12.6. The van der Waals surface area contributed by atoms with Crippen LogP contribution in [0.2, 0.25) is 0 Å². The molecule has 0 fully saturated rings. The summed E-state index contributed by atoms with van der Waals surface area (Å²) in [7, 11) is 0. The molecule has 20 heavy (non-hydrogen) atoms. The zero-order valence-corrected chi connectivity index (χ0v) is 12.6. The molecule has 0 amide bonds. The fourth-order valence-corrected chi connectivity index (χ4v) is 2.50. The third kappa shape index (κ3) is 2.83. The molecule has 1 N–H and O–H groups in total. The fraction of sp³-hybridized carbons (Fsp3) is 0.500. The summed E-state index contributed by atoms with van der Waals surface area (Å²) in [6.45, 7) is 8.30. The normalized spacial score (nSPS) is 14.2. The summed E-state index contributed by atoms with van der Waals surface area (Å²) in [5.74, 6) is 2.81. The number of hydrogen-bond acceptors (Lipinski definition) is 3. The maximum absolute atomic E-state index is 5.57. The molecule has 2 unspecified atom stereocenters. The largest absolute Gasteiger partial charge is 0.297 e. The average Bonchev–Trinajstić information content (AvgIpc) is 2.80. The van der Waals surface area contributed by atoms with Crippen molar-refractivity contribution in [1.82, 2.24) is 19.9 Å². The Morgan fingerprint density at radius 2 is 2.20 bits per heavy atom. The van der Waals surface area contributed by atoms with Crippen LogP contribution in [0, 0.1) is 26.2 Å². The van der Waals surface area contributed by atoms with Crippen LogP contribution in [0.3, 0.4) is 0 Å². The van der Waals surface area contributed by atoms with Crippen molar-refractivity contribution in [3.8, 4) is 12.3 Å². The van der Waals surface area contributed by atoms with Crippen LogP contribution >= 0.6 is 0 Å². The smallest absolute Gasteiger partial charge is 0.155 e. The van der Waals surface area contributed by atoms with E-state index in [1.54, 1.807) is 0 Å². The van der Waals surface area contributed by atoms with E-state index in [-0.39, 0.29) is 12.1 Å². The van der Waals surface area contributed by atoms with E-state index in [0.717, 1.165) is 35.4 Å². The molecule has 106 valence electrons. The molecule has 0 aliphatic carbocycles. The zero-order chi connectivity index (χ0) is 14.7. The highest BCUT2D eigenvalue weighted by Gasteiger charge is 2.15. The highest BCUT2D eigenvalue weighted by Crippen LogP contribution is 2.19. The second-order valence-electron chi connectivity index (χ2n) is 5.25. The average molecular weight is 270 g/mol. The molecule has 2 heterocycles. The predicted molar refractivity (Wildman–Crippen MR) is 81.5 cm³/mol. The van der Waals surface area contributed by atoms with E-state index in [0.29, 0.717) is 0 Å². The Balaban J connectivity index is 2.28. The predicted octanol–water partition coefficient (Wildman–Crippen LogP) is 2.80. The van der Waals surface area contributed by atoms with Crippen molar-refractivity contribution in [2.24, 2.45) is 0 Å². The number of rotatable bonds is 5. The van der Waals surface area contributed by atoms with Gasteiger partial charge in [-0.3, -0.25) is 5.32 Å². The van der Waals surface area contributed by atoms with Gasteiger partial charge in [-0.05, 0) is 27.2 Å². The number of fused-ring (bicyclic) bond motifs is 1. The third-order valence-electron chi connectivity index (χ3n) is 3.58. The summed E-state index contributed by atoms with van der Waals surface area (Å²) in [6.07, 6.45) is 9.55. The molecule has 2 atom stereocenters. The number of aromatic nitrogens is 3. The van der Waals surface area contributed by atoms with E-state index in [4.69, 9.17) is 6.42 Å². The van der Waals surface area contributed by atoms with Crippen molar-refractivity contribution in [2.75, 3.05) is 0 Å². The lowest BCUT2D eigenvalue weighted by Gasteiger charge is -2.20. The second kappa shape index (κ2) is 6.06. The van der Waals surface area contributed by atoms with Gasteiger partial charge in [0.1, 0.15) is 0 Å². The Labute approximate surface area is 120 Å². The van der Waals surface area contributed by atoms with Gasteiger partial charge in [0.2, 0.25) is 0 Å². The van der Waals surface area contributed by atoms with E-state index >= 15 is 0 Å². The van der Waals surface area contributed by atoms with Crippen molar-refractivity contribution < 1.29 is 0 Å². The van der Waals surface area contributed by atoms with Gasteiger partial charge >= 0.3 is 0 Å². The lowest BCUT2D eigenvalue weighted by atomic mass is 10.1. The molecule has 2 rings (SSSR count). The monoisotopic (exact) mass is 270 g/mol. The van der Waals surface area contributed by atoms with E-state index in [2.05, 4.69) is 42.1 Å². The van der Waals surface area contributed by atoms with Gasteiger partial charge in [-0.2, -0.15) is 5.10 Å². The summed E-state index contributed by atoms with van der Waals surface area (Å²) >= 11 is 0. The first-order chi connectivity index (χ1) is 9.56. The van der Waals surface area contributed by atoms with Crippen molar-refractivity contribution in [2.45, 2.75) is 52.6 Å². The molecular weight excluding hydrogens is 248 g/mol. The number of nitrogens with one attached hydrogen (secondary N) is 1. The standard InChI is InChI=1S/C16H22N4/c1-6-8-14(7-2)18-12(4)15-10-17-16-9-11(3)19-20(16)13(15)5/h2,9-10,12,14,18H,6,8H2,1,3-5H3. The number of terminal acetylenes is 1. The molecule has 0 saturated heterocycles. The van der Waals surface area contributed by atoms with Crippen LogP contribution in [0.15, 0.2) is 12.3 Å². The van der Waals surface area contributed by atoms with Crippen LogP contribution in [0.4, 0.5) is 0 Å². The molecule has 0 spiro atoms. The van der Waals surface area contributed by atoms with Gasteiger partial charge in [-0.25, -0.2) is 9.50 Å². The van der Waals surface area contributed by atoms with Crippen molar-refractivity contribution in [1.29, 1.82) is 0 Å². The van der Waals surface area contributed by atoms with Crippen molar-refractivity contribution >= 4 is 5.65 Å². The van der Waals surface area contributed by atoms with Crippen molar-refractivity contribution in [3.05, 3.63) is 29.2 Å². The van der Waals surface area contributed by atoms with E-state index < -0.39 is 0 Å². The van der Waals surface area contributed by atoms with Crippen molar-refractivity contribution in [3.63, 3.8) is 0 Å². The van der Waals surface area contributed by atoms with Crippen LogP contribution in [0.5, 0.6) is 0 Å². The summed E-state index contributed by atoms with van der Waals surface area (Å²) in [6, 6.07) is 2.24. The van der Waals surface area contributed by atoms with Gasteiger partial charge in [0, 0.05) is 29.6 Å². The van der Waals surface area contributed by atoms with Gasteiger partial charge < -0.3 is 0 Å². The Hall–Kier alpha value is -1.86. The lowest BCUT2D eigenvalue weighted by Crippen LogP contribution is -2.31. The lowest BCUT2D eigenvalue weighted by molar-refractivity contribution is 0.490. The fourth-order valence-electron chi connectivity index (χ4n) is 2.50. The minimum Gasteiger partial charge on any atom is -0.297 e. The Kier molecular flexibility index (Phi) is 4.41. The maximum Gasteiger partial charge on any atom is 0.155 e. The molecule has 0 radical (unpaired) electrons. The third-order valence-corrected chi connectivity index (χ3v) is 3.58. The molecule has 0 aliphatic heterocycles.